The molecule has 10 heteroatoms. The highest BCUT2D eigenvalue weighted by atomic mass is 32.2. The Morgan fingerprint density at radius 2 is 1.93 bits per heavy atom. The molecular weight excluding hydrogens is 384 g/mol. The summed E-state index contributed by atoms with van der Waals surface area (Å²) < 4.78 is 5.11. The SMILES string of the molecule is CCSC[C@H](NC(=O)CCc1noc(CCNC(=O)CC(C)(C)C)n1)C(=O)O. The molecule has 2 amide bonds. The van der Waals surface area contributed by atoms with E-state index in [1.54, 1.807) is 0 Å². The molecule has 0 spiro atoms. The number of carbonyl (C=O) groups excluding carboxylic acids is 2. The number of carboxylic acid groups (broad SMARTS) is 1. The number of nitrogens with one attached hydrogen (secondary N) is 2. The lowest BCUT2D eigenvalue weighted by Gasteiger charge is -2.16. The van der Waals surface area contributed by atoms with Crippen LogP contribution in [0, 0.1) is 5.41 Å². The second kappa shape index (κ2) is 11.7. The number of carboxylic acids is 1. The molecule has 9 nitrogen and oxygen atoms in total. The van der Waals surface area contributed by atoms with Gasteiger partial charge in [-0.1, -0.05) is 32.9 Å². The first-order valence-electron chi connectivity index (χ1n) is 9.28. The van der Waals surface area contributed by atoms with E-state index in [0.29, 0.717) is 36.9 Å². The Morgan fingerprint density at radius 3 is 2.54 bits per heavy atom. The highest BCUT2D eigenvalue weighted by Gasteiger charge is 2.20. The monoisotopic (exact) mass is 414 g/mol. The van der Waals surface area contributed by atoms with Gasteiger partial charge in [-0.15, -0.1) is 0 Å². The summed E-state index contributed by atoms with van der Waals surface area (Å²) in [5.74, 6) is 0.412. The molecule has 0 aromatic carbocycles. The molecule has 3 N–H and O–H groups in total. The minimum Gasteiger partial charge on any atom is -0.480 e. The van der Waals surface area contributed by atoms with E-state index in [9.17, 15) is 14.4 Å². The fraction of sp³-hybridized carbons (Fsp3) is 0.722. The zero-order valence-corrected chi connectivity index (χ0v) is 17.7. The van der Waals surface area contributed by atoms with Crippen LogP contribution >= 0.6 is 11.8 Å². The summed E-state index contributed by atoms with van der Waals surface area (Å²) in [5, 5.41) is 18.2. The average molecular weight is 415 g/mol. The first-order valence-corrected chi connectivity index (χ1v) is 10.4. The molecule has 0 radical (unpaired) electrons. The maximum atomic E-state index is 11.9. The van der Waals surface area contributed by atoms with Crippen LogP contribution in [0.15, 0.2) is 4.52 Å². The largest absolute Gasteiger partial charge is 0.480 e. The van der Waals surface area contributed by atoms with E-state index in [1.165, 1.54) is 11.8 Å². The molecule has 1 aromatic heterocycles. The van der Waals surface area contributed by atoms with Crippen LogP contribution in [-0.2, 0) is 27.2 Å². The highest BCUT2D eigenvalue weighted by molar-refractivity contribution is 7.99. The second-order valence-electron chi connectivity index (χ2n) is 7.56. The molecule has 0 bridgehead atoms. The lowest BCUT2D eigenvalue weighted by atomic mass is 9.92. The summed E-state index contributed by atoms with van der Waals surface area (Å²) in [4.78, 5) is 39.0. The summed E-state index contributed by atoms with van der Waals surface area (Å²) >= 11 is 1.45. The third kappa shape index (κ3) is 10.3. The number of aryl methyl sites for hydroxylation is 1. The lowest BCUT2D eigenvalue weighted by molar-refractivity contribution is -0.141. The van der Waals surface area contributed by atoms with Gasteiger partial charge in [-0.25, -0.2) is 4.79 Å². The quantitative estimate of drug-likeness (QED) is 0.467. The molecule has 158 valence electrons. The van der Waals surface area contributed by atoms with Crippen molar-refractivity contribution < 1.29 is 24.0 Å². The number of amides is 2. The Labute approximate surface area is 169 Å². The van der Waals surface area contributed by atoms with Crippen LogP contribution in [0.25, 0.3) is 0 Å². The smallest absolute Gasteiger partial charge is 0.327 e. The average Bonchev–Trinajstić information content (AvgIpc) is 3.02. The highest BCUT2D eigenvalue weighted by Crippen LogP contribution is 2.17. The van der Waals surface area contributed by atoms with Crippen molar-refractivity contribution in [3.8, 4) is 0 Å². The van der Waals surface area contributed by atoms with Crippen LogP contribution in [0.5, 0.6) is 0 Å². The van der Waals surface area contributed by atoms with Gasteiger partial charge in [0, 0.05) is 38.0 Å². The third-order valence-electron chi connectivity index (χ3n) is 3.56. The van der Waals surface area contributed by atoms with Gasteiger partial charge in [-0.05, 0) is 11.2 Å². The van der Waals surface area contributed by atoms with Crippen molar-refractivity contribution in [1.29, 1.82) is 0 Å². The molecule has 1 heterocycles. The molecule has 0 saturated carbocycles. The number of nitrogens with zero attached hydrogens (tertiary/aromatic N) is 2. The number of aliphatic carboxylic acids is 1. The molecule has 0 aliphatic heterocycles. The summed E-state index contributed by atoms with van der Waals surface area (Å²) in [6.45, 7) is 8.30. The van der Waals surface area contributed by atoms with E-state index in [2.05, 4.69) is 20.8 Å². The fourth-order valence-electron chi connectivity index (χ4n) is 2.25. The van der Waals surface area contributed by atoms with Crippen molar-refractivity contribution in [2.45, 2.75) is 59.4 Å². The van der Waals surface area contributed by atoms with E-state index in [1.807, 2.05) is 27.7 Å². The minimum absolute atomic E-state index is 0.0295. The van der Waals surface area contributed by atoms with Crippen molar-refractivity contribution in [1.82, 2.24) is 20.8 Å². The van der Waals surface area contributed by atoms with Crippen molar-refractivity contribution in [3.05, 3.63) is 11.7 Å². The zero-order valence-electron chi connectivity index (χ0n) is 16.9. The van der Waals surface area contributed by atoms with E-state index < -0.39 is 12.0 Å². The Kier molecular flexibility index (Phi) is 9.98. The number of carbonyl (C=O) groups is 3. The normalized spacial score (nSPS) is 12.4. The molecule has 0 aliphatic carbocycles. The maximum Gasteiger partial charge on any atom is 0.327 e. The Hall–Kier alpha value is -2.10. The van der Waals surface area contributed by atoms with E-state index in [4.69, 9.17) is 9.63 Å². The molecule has 0 aliphatic rings. The second-order valence-corrected chi connectivity index (χ2v) is 8.88. The topological polar surface area (TPSA) is 134 Å². The number of hydrogen-bond donors (Lipinski definition) is 3. The molecule has 0 fully saturated rings. The molecule has 28 heavy (non-hydrogen) atoms. The van der Waals surface area contributed by atoms with Crippen molar-refractivity contribution in [2.24, 2.45) is 5.41 Å². The number of rotatable bonds is 12. The molecular formula is C18H30N4O5S. The van der Waals surface area contributed by atoms with E-state index in [0.717, 1.165) is 5.75 Å². The summed E-state index contributed by atoms with van der Waals surface area (Å²) in [6.07, 6.45) is 1.16. The Morgan fingerprint density at radius 1 is 1.21 bits per heavy atom. The first kappa shape index (κ1) is 23.9. The van der Waals surface area contributed by atoms with Gasteiger partial charge in [0.05, 0.1) is 0 Å². The van der Waals surface area contributed by atoms with Crippen LogP contribution in [0.4, 0.5) is 0 Å². The van der Waals surface area contributed by atoms with Crippen LogP contribution in [0.2, 0.25) is 0 Å². The number of hydrogen-bond acceptors (Lipinski definition) is 7. The van der Waals surface area contributed by atoms with Crippen LogP contribution < -0.4 is 10.6 Å². The van der Waals surface area contributed by atoms with Crippen LogP contribution in [0.3, 0.4) is 0 Å². The maximum absolute atomic E-state index is 11.9. The predicted molar refractivity (Wildman–Crippen MR) is 106 cm³/mol. The molecule has 1 aromatic rings. The van der Waals surface area contributed by atoms with Gasteiger partial charge in [0.1, 0.15) is 6.04 Å². The minimum atomic E-state index is -1.05. The van der Waals surface area contributed by atoms with Gasteiger partial charge in [0.2, 0.25) is 17.7 Å². The molecule has 1 atom stereocenters. The van der Waals surface area contributed by atoms with Gasteiger partial charge in [0.25, 0.3) is 0 Å². The van der Waals surface area contributed by atoms with Gasteiger partial charge < -0.3 is 20.3 Å². The predicted octanol–water partition coefficient (Wildman–Crippen LogP) is 1.42. The zero-order chi connectivity index (χ0) is 21.2. The third-order valence-corrected chi connectivity index (χ3v) is 4.54. The van der Waals surface area contributed by atoms with Gasteiger partial charge >= 0.3 is 5.97 Å². The fourth-order valence-corrected chi connectivity index (χ4v) is 2.95. The Balaban J connectivity index is 2.35. The summed E-state index contributed by atoms with van der Waals surface area (Å²) in [5.41, 5.74) is -0.0722. The van der Waals surface area contributed by atoms with Crippen molar-refractivity contribution in [2.75, 3.05) is 18.1 Å². The molecule has 0 saturated heterocycles. The summed E-state index contributed by atoms with van der Waals surface area (Å²) in [7, 11) is 0. The standard InChI is InChI=1S/C18H30N4O5S/c1-5-28-11-12(17(25)26)20-14(23)7-6-13-21-16(27-22-13)8-9-19-15(24)10-18(2,3)4/h12H,5-11H2,1-4H3,(H,19,24)(H,20,23)(H,25,26)/t12-/m0/s1. The van der Waals surface area contributed by atoms with Gasteiger partial charge in [0.15, 0.2) is 5.82 Å². The number of thioether (sulfide) groups is 1. The van der Waals surface area contributed by atoms with Crippen LogP contribution in [-0.4, -0.2) is 57.1 Å². The first-order chi connectivity index (χ1) is 13.1. The van der Waals surface area contributed by atoms with E-state index in [-0.39, 0.29) is 30.1 Å². The Bertz CT molecular complexity index is 657. The van der Waals surface area contributed by atoms with Crippen LogP contribution in [0.1, 0.15) is 52.3 Å². The lowest BCUT2D eigenvalue weighted by Crippen LogP contribution is -2.42. The van der Waals surface area contributed by atoms with Crippen molar-refractivity contribution in [3.63, 3.8) is 0 Å². The van der Waals surface area contributed by atoms with E-state index >= 15 is 0 Å². The van der Waals surface area contributed by atoms with Gasteiger partial charge in [-0.3, -0.25) is 9.59 Å². The molecule has 1 rings (SSSR count). The van der Waals surface area contributed by atoms with Gasteiger partial charge in [-0.2, -0.15) is 16.7 Å². The number of aromatic nitrogens is 2. The summed E-state index contributed by atoms with van der Waals surface area (Å²) in [6, 6.07) is -0.907. The van der Waals surface area contributed by atoms with Crippen molar-refractivity contribution >= 4 is 29.5 Å². The molecule has 0 unspecified atom stereocenters.